The molecule has 3 unspecified atom stereocenters. The van der Waals surface area contributed by atoms with E-state index in [9.17, 15) is 14.3 Å². The third-order valence-electron chi connectivity index (χ3n) is 6.70. The fraction of sp³-hybridized carbons (Fsp3) is 0.609. The summed E-state index contributed by atoms with van der Waals surface area (Å²) in [5, 5.41) is 15.0. The number of amides is 1. The van der Waals surface area contributed by atoms with E-state index < -0.39 is 5.72 Å². The van der Waals surface area contributed by atoms with Gasteiger partial charge >= 0.3 is 0 Å². The van der Waals surface area contributed by atoms with E-state index >= 15 is 0 Å². The van der Waals surface area contributed by atoms with Crippen LogP contribution in [0, 0.1) is 5.92 Å². The van der Waals surface area contributed by atoms with Gasteiger partial charge in [-0.05, 0) is 56.7 Å². The Kier molecular flexibility index (Phi) is 6.37. The lowest BCUT2D eigenvalue weighted by Crippen LogP contribution is -2.51. The predicted octanol–water partition coefficient (Wildman–Crippen LogP) is 4.36. The number of hydrogen-bond acceptors (Lipinski definition) is 3. The van der Waals surface area contributed by atoms with Crippen LogP contribution < -0.4 is 5.32 Å². The number of rotatable bonds is 6. The number of benzene rings is 1. The summed E-state index contributed by atoms with van der Waals surface area (Å²) in [6.45, 7) is 3.80. The number of carbonyl (C=O) groups is 1. The van der Waals surface area contributed by atoms with Crippen LogP contribution >= 0.6 is 11.6 Å². The van der Waals surface area contributed by atoms with Crippen LogP contribution in [0.4, 0.5) is 4.39 Å². The summed E-state index contributed by atoms with van der Waals surface area (Å²) in [6.07, 6.45) is 7.00. The van der Waals surface area contributed by atoms with Gasteiger partial charge in [-0.2, -0.15) is 0 Å². The number of carbonyl (C=O) groups excluding carboxylic acids is 1. The maximum Gasteiger partial charge on any atom is 0.255 e. The highest BCUT2D eigenvalue weighted by Crippen LogP contribution is 2.33. The maximum absolute atomic E-state index is 13.2. The average molecular weight is 436 g/mol. The molecule has 0 radical (unpaired) electrons. The molecule has 30 heavy (non-hydrogen) atoms. The molecule has 1 aliphatic heterocycles. The van der Waals surface area contributed by atoms with Gasteiger partial charge in [0, 0.05) is 30.7 Å². The molecule has 0 bridgehead atoms. The van der Waals surface area contributed by atoms with E-state index in [2.05, 4.69) is 21.7 Å². The quantitative estimate of drug-likeness (QED) is 0.663. The molecule has 2 fully saturated rings. The van der Waals surface area contributed by atoms with Crippen molar-refractivity contribution in [3.8, 4) is 0 Å². The smallest absolute Gasteiger partial charge is 0.255 e. The molecule has 164 valence electrons. The lowest BCUT2D eigenvalue weighted by atomic mass is 9.84. The predicted molar refractivity (Wildman–Crippen MR) is 118 cm³/mol. The molecule has 1 aromatic heterocycles. The zero-order valence-electron chi connectivity index (χ0n) is 17.5. The Morgan fingerprint density at radius 2 is 2.20 bits per heavy atom. The van der Waals surface area contributed by atoms with E-state index in [1.54, 1.807) is 6.07 Å². The van der Waals surface area contributed by atoms with Gasteiger partial charge in [-0.1, -0.05) is 31.0 Å². The number of likely N-dealkylation sites (tertiary alicyclic amines) is 1. The number of nitrogens with zero attached hydrogens (tertiary/aromatic N) is 2. The van der Waals surface area contributed by atoms with Gasteiger partial charge in [0.15, 0.2) is 0 Å². The Bertz CT molecular complexity index is 917. The molecule has 7 heteroatoms. The monoisotopic (exact) mass is 435 g/mol. The molecule has 2 heterocycles. The van der Waals surface area contributed by atoms with Crippen molar-refractivity contribution in [3.63, 3.8) is 0 Å². The second-order valence-electron chi connectivity index (χ2n) is 9.04. The van der Waals surface area contributed by atoms with Crippen LogP contribution in [0.2, 0.25) is 5.02 Å². The molecule has 1 amide bonds. The zero-order valence-corrected chi connectivity index (χ0v) is 18.3. The molecule has 5 nitrogen and oxygen atoms in total. The topological polar surface area (TPSA) is 57.5 Å². The minimum absolute atomic E-state index is 0.245. The molecule has 2 aromatic rings. The zero-order chi connectivity index (χ0) is 21.3. The summed E-state index contributed by atoms with van der Waals surface area (Å²) in [4.78, 5) is 15.4. The van der Waals surface area contributed by atoms with Crippen LogP contribution in [0.25, 0.3) is 10.9 Å². The van der Waals surface area contributed by atoms with Gasteiger partial charge in [-0.15, -0.1) is 0 Å². The SMILES string of the molecule is CC1CCCC(O)(NC(=O)c2cn(CC3CCCN3CCF)c3cccc(Cl)c23)C1. The van der Waals surface area contributed by atoms with E-state index in [1.165, 1.54) is 0 Å². The Balaban J connectivity index is 1.63. The number of aromatic nitrogens is 1. The molecule has 4 rings (SSSR count). The van der Waals surface area contributed by atoms with Crippen molar-refractivity contribution in [3.05, 3.63) is 35.0 Å². The maximum atomic E-state index is 13.2. The lowest BCUT2D eigenvalue weighted by molar-refractivity contribution is -0.0360. The minimum Gasteiger partial charge on any atom is -0.371 e. The van der Waals surface area contributed by atoms with Crippen molar-refractivity contribution in [2.45, 2.75) is 63.8 Å². The number of hydrogen-bond donors (Lipinski definition) is 2. The number of nitrogens with one attached hydrogen (secondary N) is 1. The molecule has 2 aliphatic rings. The fourth-order valence-electron chi connectivity index (χ4n) is 5.28. The summed E-state index contributed by atoms with van der Waals surface area (Å²) in [7, 11) is 0. The highest BCUT2D eigenvalue weighted by atomic mass is 35.5. The van der Waals surface area contributed by atoms with Gasteiger partial charge in [0.1, 0.15) is 12.4 Å². The van der Waals surface area contributed by atoms with Gasteiger partial charge in [0.05, 0.1) is 16.1 Å². The van der Waals surface area contributed by atoms with Crippen molar-refractivity contribution in [1.29, 1.82) is 0 Å². The molecule has 0 spiro atoms. The number of fused-ring (bicyclic) bond motifs is 1. The summed E-state index contributed by atoms with van der Waals surface area (Å²) < 4.78 is 15.0. The van der Waals surface area contributed by atoms with Gasteiger partial charge < -0.3 is 15.0 Å². The highest BCUT2D eigenvalue weighted by Gasteiger charge is 2.35. The summed E-state index contributed by atoms with van der Waals surface area (Å²) in [6, 6.07) is 5.87. The molecular formula is C23H31ClFN3O2. The van der Waals surface area contributed by atoms with E-state index in [0.29, 0.717) is 47.8 Å². The van der Waals surface area contributed by atoms with Crippen molar-refractivity contribution >= 4 is 28.4 Å². The normalized spacial score (nSPS) is 27.6. The third kappa shape index (κ3) is 4.36. The standard InChI is InChI=1S/C23H31ClFN3O2/c1-16-5-3-9-23(30,13-16)26-22(29)18-15-28(20-8-2-7-19(24)21(18)20)14-17-6-4-11-27(17)12-10-25/h2,7-8,15-17,30H,3-6,9-14H2,1H3,(H,26,29). The van der Waals surface area contributed by atoms with Crippen molar-refractivity contribution in [2.24, 2.45) is 5.92 Å². The molecule has 3 atom stereocenters. The third-order valence-corrected chi connectivity index (χ3v) is 7.01. The average Bonchev–Trinajstić information content (AvgIpc) is 3.28. The largest absolute Gasteiger partial charge is 0.371 e. The summed E-state index contributed by atoms with van der Waals surface area (Å²) in [5.41, 5.74) is 0.203. The second kappa shape index (κ2) is 8.85. The van der Waals surface area contributed by atoms with Crippen LogP contribution in [-0.4, -0.2) is 52.0 Å². The molecule has 1 aromatic carbocycles. The van der Waals surface area contributed by atoms with Gasteiger partial charge in [0.25, 0.3) is 5.91 Å². The summed E-state index contributed by atoms with van der Waals surface area (Å²) >= 11 is 6.50. The Morgan fingerprint density at radius 3 is 2.97 bits per heavy atom. The molecule has 1 aliphatic carbocycles. The van der Waals surface area contributed by atoms with Gasteiger partial charge in [-0.25, -0.2) is 4.39 Å². The van der Waals surface area contributed by atoms with E-state index in [1.807, 2.05) is 18.3 Å². The number of halogens is 2. The van der Waals surface area contributed by atoms with Crippen LogP contribution in [0.15, 0.2) is 24.4 Å². The first-order valence-electron chi connectivity index (χ1n) is 11.0. The van der Waals surface area contributed by atoms with Gasteiger partial charge in [-0.3, -0.25) is 9.69 Å². The first-order chi connectivity index (χ1) is 14.4. The first kappa shape index (κ1) is 21.6. The summed E-state index contributed by atoms with van der Waals surface area (Å²) in [5.74, 6) is 0.0771. The number of aliphatic hydroxyl groups is 1. The molecular weight excluding hydrogens is 405 g/mol. The van der Waals surface area contributed by atoms with Gasteiger partial charge in [0.2, 0.25) is 0 Å². The molecule has 1 saturated heterocycles. The Morgan fingerprint density at radius 1 is 1.37 bits per heavy atom. The van der Waals surface area contributed by atoms with E-state index in [4.69, 9.17) is 11.6 Å². The van der Waals surface area contributed by atoms with Crippen molar-refractivity contribution in [1.82, 2.24) is 14.8 Å². The fourth-order valence-corrected chi connectivity index (χ4v) is 5.55. The first-order valence-corrected chi connectivity index (χ1v) is 11.4. The second-order valence-corrected chi connectivity index (χ2v) is 9.44. The minimum atomic E-state index is -1.17. The van der Waals surface area contributed by atoms with Crippen molar-refractivity contribution < 1.29 is 14.3 Å². The van der Waals surface area contributed by atoms with Crippen LogP contribution in [0.5, 0.6) is 0 Å². The van der Waals surface area contributed by atoms with Crippen LogP contribution in [0.3, 0.4) is 0 Å². The number of alkyl halides is 1. The van der Waals surface area contributed by atoms with Crippen LogP contribution in [0.1, 0.15) is 55.8 Å². The Hall–Kier alpha value is -1.63. The Labute approximate surface area is 182 Å². The van der Waals surface area contributed by atoms with Crippen LogP contribution in [-0.2, 0) is 6.54 Å². The van der Waals surface area contributed by atoms with E-state index in [-0.39, 0.29) is 18.6 Å². The molecule has 1 saturated carbocycles. The lowest BCUT2D eigenvalue weighted by Gasteiger charge is -2.36. The molecule has 2 N–H and O–H groups in total. The van der Waals surface area contributed by atoms with E-state index in [0.717, 1.165) is 37.7 Å². The van der Waals surface area contributed by atoms with Crippen molar-refractivity contribution in [2.75, 3.05) is 19.8 Å². The highest BCUT2D eigenvalue weighted by molar-refractivity contribution is 6.36.